The second kappa shape index (κ2) is 10.2. The Morgan fingerprint density at radius 1 is 0.636 bits per heavy atom. The molecule has 8 heteroatoms. The molecule has 0 amide bonds. The monoisotopic (exact) mass is 604 g/mol. The first-order chi connectivity index (χ1) is 15.2. The Kier molecular flexibility index (Phi) is 8.66. The third-order valence-corrected chi connectivity index (χ3v) is 29.0. The molecular formula is C25H36Cl4GaN2P. The van der Waals surface area contributed by atoms with E-state index in [1.54, 1.807) is 0 Å². The van der Waals surface area contributed by atoms with E-state index in [9.17, 15) is 0 Å². The Morgan fingerprint density at radius 2 is 0.939 bits per heavy atom. The van der Waals surface area contributed by atoms with Crippen molar-refractivity contribution in [2.45, 2.75) is 83.3 Å². The molecule has 2 aromatic carbocycles. The van der Waals surface area contributed by atoms with Crippen molar-refractivity contribution in [2.75, 3.05) is 0 Å². The van der Waals surface area contributed by atoms with Crippen LogP contribution in [0.1, 0.15) is 66.5 Å². The van der Waals surface area contributed by atoms with Crippen molar-refractivity contribution in [3.8, 4) is 11.1 Å². The van der Waals surface area contributed by atoms with Crippen LogP contribution in [0.25, 0.3) is 11.1 Å². The molecule has 0 bridgehead atoms. The van der Waals surface area contributed by atoms with Crippen LogP contribution in [0.2, 0.25) is 0 Å². The van der Waals surface area contributed by atoms with Crippen molar-refractivity contribution < 1.29 is 0 Å². The van der Waals surface area contributed by atoms with Crippen LogP contribution in [-0.2, 0) is 3.71 Å². The Bertz CT molecular complexity index is 909. The van der Waals surface area contributed by atoms with Gasteiger partial charge in [-0.1, -0.05) is 0 Å². The van der Waals surface area contributed by atoms with E-state index < -0.39 is 22.7 Å². The average molecular weight is 607 g/mol. The van der Waals surface area contributed by atoms with Gasteiger partial charge in [-0.3, -0.25) is 0 Å². The minimum absolute atomic E-state index is 0.171. The Morgan fingerprint density at radius 3 is 1.21 bits per heavy atom. The van der Waals surface area contributed by atoms with Gasteiger partial charge in [0.25, 0.3) is 0 Å². The standard InChI is InChI=1S/C25H36ClN2P.3ClH.Ga/c1-17(2)27(18(3)4)29(26,28(19(5)6)20(7)8)25-23-15-11-9-13-21(23)22-14-10-12-16-24(22)25;;;;/h9-20H,1-8H3;3*1H;/q+1;;;;+2/p-3. The number of hydrogen-bond donors (Lipinski definition) is 0. The molecule has 0 unspecified atom stereocenters. The Hall–Kier alpha value is 0.586. The Balaban J connectivity index is 2.62. The normalized spacial score (nSPS) is 15.9. The van der Waals surface area contributed by atoms with Crippen molar-refractivity contribution in [3.05, 3.63) is 59.7 Å². The van der Waals surface area contributed by atoms with E-state index in [4.69, 9.17) is 40.2 Å². The van der Waals surface area contributed by atoms with Crippen LogP contribution in [-0.4, -0.2) is 45.5 Å². The van der Waals surface area contributed by atoms with E-state index in [0.717, 1.165) is 22.3 Å². The van der Waals surface area contributed by atoms with E-state index in [2.05, 4.69) is 113 Å². The molecule has 3 rings (SSSR count). The van der Waals surface area contributed by atoms with Gasteiger partial charge < -0.3 is 0 Å². The van der Waals surface area contributed by atoms with Gasteiger partial charge in [-0.15, -0.1) is 0 Å². The van der Waals surface area contributed by atoms with Gasteiger partial charge in [-0.2, -0.15) is 0 Å². The second-order valence-electron chi connectivity index (χ2n) is 10.1. The van der Waals surface area contributed by atoms with E-state index >= 15 is 0 Å². The van der Waals surface area contributed by atoms with Crippen LogP contribution in [0.4, 0.5) is 0 Å². The van der Waals surface area contributed by atoms with Crippen molar-refractivity contribution in [3.63, 3.8) is 0 Å². The third-order valence-electron chi connectivity index (χ3n) is 6.62. The molecule has 1 aliphatic rings. The maximum absolute atomic E-state index is 8.31. The van der Waals surface area contributed by atoms with Gasteiger partial charge in [0.05, 0.1) is 0 Å². The topological polar surface area (TPSA) is 6.48 Å². The fourth-order valence-electron chi connectivity index (χ4n) is 5.99. The first-order valence-electron chi connectivity index (χ1n) is 11.8. The number of halogens is 4. The van der Waals surface area contributed by atoms with Gasteiger partial charge >= 0.3 is 222 Å². The summed E-state index contributed by atoms with van der Waals surface area (Å²) in [7, 11) is 22.1. The minimum atomic E-state index is -4.44. The SMILES string of the molecule is CC(C)N(C(C)C)[P+](Cl)(N(C(C)C)C(C)C)[C]1([Ga-]([Cl])([Cl])[Cl])c2ccccc2-c2ccccc21. The number of nitrogens with zero attached hydrogens (tertiary/aromatic N) is 2. The fraction of sp³-hybridized carbons (Fsp3) is 0.520. The second-order valence-corrected chi connectivity index (χ2v) is 33.1. The molecule has 0 saturated carbocycles. The summed E-state index contributed by atoms with van der Waals surface area (Å²) < 4.78 is 4.10. The van der Waals surface area contributed by atoms with E-state index in [-0.39, 0.29) is 24.2 Å². The van der Waals surface area contributed by atoms with Crippen LogP contribution in [0.15, 0.2) is 48.5 Å². The van der Waals surface area contributed by atoms with Gasteiger partial charge in [0.1, 0.15) is 0 Å². The zero-order valence-corrected chi connectivity index (χ0v) is 27.2. The summed E-state index contributed by atoms with van der Waals surface area (Å²) in [4.78, 5) is 0. The van der Waals surface area contributed by atoms with Crippen LogP contribution in [0.3, 0.4) is 0 Å². The van der Waals surface area contributed by atoms with Gasteiger partial charge in [-0.25, -0.2) is 0 Å². The molecule has 0 atom stereocenters. The first kappa shape index (κ1) is 28.2. The average Bonchev–Trinajstić information content (AvgIpc) is 2.98. The molecule has 0 heterocycles. The van der Waals surface area contributed by atoms with Gasteiger partial charge in [0.2, 0.25) is 0 Å². The van der Waals surface area contributed by atoms with E-state index in [0.29, 0.717) is 0 Å². The van der Waals surface area contributed by atoms with Crippen LogP contribution >= 0.6 is 47.1 Å². The summed E-state index contributed by atoms with van der Waals surface area (Å²) in [5.74, 6) is 0. The summed E-state index contributed by atoms with van der Waals surface area (Å²) >= 11 is 3.88. The van der Waals surface area contributed by atoms with E-state index in [1.807, 2.05) is 0 Å². The van der Waals surface area contributed by atoms with Gasteiger partial charge in [0, 0.05) is 0 Å². The molecule has 0 aromatic heterocycles. The number of rotatable bonds is 8. The van der Waals surface area contributed by atoms with Crippen molar-refractivity contribution in [2.24, 2.45) is 0 Å². The molecule has 1 aliphatic carbocycles. The molecule has 0 radical (unpaired) electrons. The zero-order valence-electron chi connectivity index (χ0n) is 20.9. The predicted molar refractivity (Wildman–Crippen MR) is 153 cm³/mol. The number of fused-ring (bicyclic) bond motifs is 3. The van der Waals surface area contributed by atoms with Crippen LogP contribution in [0.5, 0.6) is 0 Å². The molecule has 2 aromatic rings. The summed E-state index contributed by atoms with van der Waals surface area (Å²) in [5, 5.41) is 0. The third kappa shape index (κ3) is 4.26. The molecule has 0 spiro atoms. The molecule has 33 heavy (non-hydrogen) atoms. The van der Waals surface area contributed by atoms with Crippen LogP contribution < -0.4 is 0 Å². The van der Waals surface area contributed by atoms with Crippen molar-refractivity contribution in [1.82, 2.24) is 9.34 Å². The summed E-state index contributed by atoms with van der Waals surface area (Å²) in [6, 6.07) is 17.6. The molecular weight excluding hydrogens is 571 g/mol. The maximum atomic E-state index is 8.31. The first-order valence-corrected chi connectivity index (χ1v) is 25.2. The molecule has 0 fully saturated rings. The zero-order chi connectivity index (χ0) is 24.9. The quantitative estimate of drug-likeness (QED) is 0.218. The van der Waals surface area contributed by atoms with Crippen molar-refractivity contribution in [1.29, 1.82) is 0 Å². The molecule has 182 valence electrons. The summed E-state index contributed by atoms with van der Waals surface area (Å²) in [5.41, 5.74) is 4.44. The fourth-order valence-corrected chi connectivity index (χ4v) is 34.6. The molecule has 0 N–H and O–H groups in total. The summed E-state index contributed by atoms with van der Waals surface area (Å²) in [6.07, 6.45) is 0. The summed E-state index contributed by atoms with van der Waals surface area (Å²) in [6.45, 7) is 14.8. The number of hydrogen-bond acceptors (Lipinski definition) is 2. The number of benzene rings is 2. The molecule has 2 nitrogen and oxygen atoms in total. The Labute approximate surface area is 221 Å². The molecule has 0 aliphatic heterocycles. The van der Waals surface area contributed by atoms with Crippen LogP contribution in [0, 0.1) is 0 Å². The van der Waals surface area contributed by atoms with Gasteiger partial charge in [0.15, 0.2) is 0 Å². The predicted octanol–water partition coefficient (Wildman–Crippen LogP) is 9.34. The van der Waals surface area contributed by atoms with Crippen molar-refractivity contribution >= 4 is 59.1 Å². The van der Waals surface area contributed by atoms with E-state index in [1.165, 1.54) is 0 Å². The molecule has 0 saturated heterocycles. The van der Waals surface area contributed by atoms with Gasteiger partial charge in [-0.05, 0) is 0 Å².